The summed E-state index contributed by atoms with van der Waals surface area (Å²) in [5, 5.41) is 3.24. The summed E-state index contributed by atoms with van der Waals surface area (Å²) >= 11 is 5.96. The first-order chi connectivity index (χ1) is 13.3. The molecule has 0 saturated carbocycles. The topological polar surface area (TPSA) is 95.1 Å². The monoisotopic (exact) mass is 404 g/mol. The van der Waals surface area contributed by atoms with Gasteiger partial charge in [-0.3, -0.25) is 4.79 Å². The number of hydrogen-bond donors (Lipinski definition) is 1. The van der Waals surface area contributed by atoms with Gasteiger partial charge in [-0.15, -0.1) is 13.2 Å². The summed E-state index contributed by atoms with van der Waals surface area (Å²) in [6, 6.07) is 6.58. The number of carbonyl (C=O) groups excluding carboxylic acids is 1. The molecule has 1 N–H and O–H groups in total. The predicted molar refractivity (Wildman–Crippen MR) is 108 cm³/mol. The molecule has 28 heavy (non-hydrogen) atoms. The number of hydrogen-bond acceptors (Lipinski definition) is 4. The van der Waals surface area contributed by atoms with E-state index in [0.717, 1.165) is 14.7 Å². The zero-order valence-electron chi connectivity index (χ0n) is 15.4. The first-order valence-corrected chi connectivity index (χ1v) is 8.89. The van der Waals surface area contributed by atoms with Crippen LogP contribution in [0.15, 0.2) is 64.0 Å². The van der Waals surface area contributed by atoms with E-state index in [0.29, 0.717) is 9.59 Å². The molecule has 1 aromatic carbocycles. The number of aromatic nitrogens is 3. The third kappa shape index (κ3) is 4.58. The van der Waals surface area contributed by atoms with Crippen LogP contribution in [-0.4, -0.2) is 19.6 Å². The van der Waals surface area contributed by atoms with Crippen LogP contribution in [-0.2, 0) is 24.4 Å². The number of nitrogens with one attached hydrogen (secondary N) is 1. The molecule has 148 valence electrons. The summed E-state index contributed by atoms with van der Waals surface area (Å²) in [6.45, 7) is 8.05. The fourth-order valence-electron chi connectivity index (χ4n) is 2.68. The van der Waals surface area contributed by atoms with Gasteiger partial charge in [-0.25, -0.2) is 28.1 Å². The van der Waals surface area contributed by atoms with Gasteiger partial charge in [0.15, 0.2) is 0 Å². The van der Waals surface area contributed by atoms with E-state index in [2.05, 4.69) is 18.5 Å². The number of benzene rings is 1. The smallest absolute Gasteiger partial charge is 0.337 e. The third-order valence-corrected chi connectivity index (χ3v) is 4.27. The van der Waals surface area contributed by atoms with E-state index in [1.54, 1.807) is 31.2 Å². The van der Waals surface area contributed by atoms with E-state index in [4.69, 9.17) is 11.6 Å². The van der Waals surface area contributed by atoms with Crippen molar-refractivity contribution in [1.29, 1.82) is 0 Å². The Balaban J connectivity index is 2.36. The maximum atomic E-state index is 12.5. The molecule has 1 heterocycles. The number of amides is 1. The van der Waals surface area contributed by atoms with Crippen molar-refractivity contribution >= 4 is 17.5 Å². The number of rotatable bonds is 8. The average Bonchev–Trinajstić information content (AvgIpc) is 2.66. The number of halogens is 1. The van der Waals surface area contributed by atoms with E-state index in [1.165, 1.54) is 12.2 Å². The molecule has 0 fully saturated rings. The fourth-order valence-corrected chi connectivity index (χ4v) is 2.88. The van der Waals surface area contributed by atoms with Crippen molar-refractivity contribution in [3.05, 3.63) is 91.6 Å². The van der Waals surface area contributed by atoms with Gasteiger partial charge in [0.05, 0.1) is 19.1 Å². The molecule has 1 amide bonds. The fraction of sp³-hybridized carbons (Fsp3) is 0.263. The molecule has 0 aliphatic rings. The second-order valence-corrected chi connectivity index (χ2v) is 6.51. The zero-order chi connectivity index (χ0) is 20.8. The maximum Gasteiger partial charge on any atom is 0.337 e. The molecule has 0 spiro atoms. The third-order valence-electron chi connectivity index (χ3n) is 4.04. The molecule has 2 aromatic rings. The molecule has 0 radical (unpaired) electrons. The SMILES string of the molecule is C=CCn1c(=O)n(CC=C)c(=O)n(CC(=O)N[C@@H](C)c2cccc(Cl)c2)c1=O. The van der Waals surface area contributed by atoms with Crippen LogP contribution in [0, 0.1) is 0 Å². The van der Waals surface area contributed by atoms with E-state index < -0.39 is 35.6 Å². The Morgan fingerprint density at radius 1 is 1.07 bits per heavy atom. The molecule has 0 aliphatic heterocycles. The largest absolute Gasteiger partial charge is 0.348 e. The van der Waals surface area contributed by atoms with Crippen molar-refractivity contribution in [2.45, 2.75) is 32.6 Å². The Bertz CT molecular complexity index is 1030. The van der Waals surface area contributed by atoms with Crippen LogP contribution in [0.2, 0.25) is 5.02 Å². The van der Waals surface area contributed by atoms with Crippen LogP contribution in [0.3, 0.4) is 0 Å². The minimum absolute atomic E-state index is 0.0877. The van der Waals surface area contributed by atoms with Crippen LogP contribution < -0.4 is 22.4 Å². The van der Waals surface area contributed by atoms with Gasteiger partial charge in [0.1, 0.15) is 6.54 Å². The van der Waals surface area contributed by atoms with Crippen LogP contribution in [0.5, 0.6) is 0 Å². The zero-order valence-corrected chi connectivity index (χ0v) is 16.2. The van der Waals surface area contributed by atoms with E-state index in [-0.39, 0.29) is 13.1 Å². The summed E-state index contributed by atoms with van der Waals surface area (Å²) in [5.41, 5.74) is -1.76. The Morgan fingerprint density at radius 3 is 2.11 bits per heavy atom. The second kappa shape index (κ2) is 9.18. The minimum Gasteiger partial charge on any atom is -0.348 e. The van der Waals surface area contributed by atoms with Gasteiger partial charge in [0.2, 0.25) is 5.91 Å². The lowest BCUT2D eigenvalue weighted by Gasteiger charge is -2.16. The molecule has 1 atom stereocenters. The van der Waals surface area contributed by atoms with E-state index in [1.807, 2.05) is 0 Å². The van der Waals surface area contributed by atoms with Crippen molar-refractivity contribution in [3.63, 3.8) is 0 Å². The van der Waals surface area contributed by atoms with Crippen molar-refractivity contribution in [2.24, 2.45) is 0 Å². The molecule has 0 bridgehead atoms. The van der Waals surface area contributed by atoms with Crippen molar-refractivity contribution in [2.75, 3.05) is 0 Å². The quantitative estimate of drug-likeness (QED) is 0.666. The molecular formula is C19H21ClN4O4. The summed E-state index contributed by atoms with van der Waals surface area (Å²) in [4.78, 5) is 49.8. The lowest BCUT2D eigenvalue weighted by atomic mass is 10.1. The standard InChI is InChI=1S/C19H21ClN4O4/c1-4-9-22-17(26)23(10-5-2)19(28)24(18(22)27)12-16(25)21-13(3)14-7-6-8-15(20)11-14/h4-8,11,13H,1-2,9-10,12H2,3H3,(H,21,25)/t13-/m0/s1. The number of allylic oxidation sites excluding steroid dienone is 2. The van der Waals surface area contributed by atoms with Crippen LogP contribution in [0.25, 0.3) is 0 Å². The highest BCUT2D eigenvalue weighted by Gasteiger charge is 2.18. The lowest BCUT2D eigenvalue weighted by Crippen LogP contribution is -2.55. The van der Waals surface area contributed by atoms with Gasteiger partial charge in [0.25, 0.3) is 0 Å². The van der Waals surface area contributed by atoms with Crippen molar-refractivity contribution in [1.82, 2.24) is 19.0 Å². The van der Waals surface area contributed by atoms with Gasteiger partial charge in [-0.2, -0.15) is 0 Å². The van der Waals surface area contributed by atoms with Crippen molar-refractivity contribution < 1.29 is 4.79 Å². The Labute approximate surface area is 166 Å². The summed E-state index contributed by atoms with van der Waals surface area (Å²) in [7, 11) is 0. The average molecular weight is 405 g/mol. The van der Waals surface area contributed by atoms with Crippen LogP contribution >= 0.6 is 11.6 Å². The van der Waals surface area contributed by atoms with Crippen molar-refractivity contribution in [3.8, 4) is 0 Å². The van der Waals surface area contributed by atoms with Gasteiger partial charge < -0.3 is 5.32 Å². The highest BCUT2D eigenvalue weighted by molar-refractivity contribution is 6.30. The molecule has 2 rings (SSSR count). The first kappa shape index (κ1) is 21.2. The highest BCUT2D eigenvalue weighted by atomic mass is 35.5. The molecular weight excluding hydrogens is 384 g/mol. The normalized spacial score (nSPS) is 11.6. The molecule has 8 nitrogen and oxygen atoms in total. The van der Waals surface area contributed by atoms with Crippen LogP contribution in [0.4, 0.5) is 0 Å². The molecule has 0 saturated heterocycles. The molecule has 0 unspecified atom stereocenters. The van der Waals surface area contributed by atoms with Gasteiger partial charge in [-0.1, -0.05) is 35.9 Å². The maximum absolute atomic E-state index is 12.5. The van der Waals surface area contributed by atoms with E-state index >= 15 is 0 Å². The lowest BCUT2D eigenvalue weighted by molar-refractivity contribution is -0.122. The van der Waals surface area contributed by atoms with Gasteiger partial charge in [0, 0.05) is 5.02 Å². The Kier molecular flexibility index (Phi) is 6.94. The Hall–Kier alpha value is -3.13. The second-order valence-electron chi connectivity index (χ2n) is 6.08. The molecule has 0 aliphatic carbocycles. The van der Waals surface area contributed by atoms with Crippen LogP contribution in [0.1, 0.15) is 18.5 Å². The van der Waals surface area contributed by atoms with Gasteiger partial charge in [-0.05, 0) is 24.6 Å². The number of nitrogens with zero attached hydrogens (tertiary/aromatic N) is 3. The van der Waals surface area contributed by atoms with Gasteiger partial charge >= 0.3 is 17.1 Å². The molecule has 9 heteroatoms. The summed E-state index contributed by atoms with van der Waals surface area (Å²) < 4.78 is 2.39. The van der Waals surface area contributed by atoms with E-state index in [9.17, 15) is 19.2 Å². The predicted octanol–water partition coefficient (Wildman–Crippen LogP) is 1.07. The first-order valence-electron chi connectivity index (χ1n) is 8.51. The molecule has 1 aromatic heterocycles. The Morgan fingerprint density at radius 2 is 1.61 bits per heavy atom. The minimum atomic E-state index is -0.874. The summed E-state index contributed by atoms with van der Waals surface area (Å²) in [5.74, 6) is -0.555. The highest BCUT2D eigenvalue weighted by Crippen LogP contribution is 2.17. The summed E-state index contributed by atoms with van der Waals surface area (Å²) in [6.07, 6.45) is 2.72. The number of carbonyl (C=O) groups is 1.